The molecule has 1 aliphatic heterocycles. The first-order valence-electron chi connectivity index (χ1n) is 8.00. The number of esters is 1. The zero-order valence-corrected chi connectivity index (χ0v) is 14.3. The Hall–Kier alpha value is -3.29. The van der Waals surface area contributed by atoms with E-state index in [0.29, 0.717) is 5.56 Å². The van der Waals surface area contributed by atoms with Gasteiger partial charge in [0, 0.05) is 18.3 Å². The van der Waals surface area contributed by atoms with Crippen molar-refractivity contribution in [2.75, 3.05) is 18.6 Å². The minimum Gasteiger partial charge on any atom is -0.454 e. The first kappa shape index (κ1) is 18.5. The normalized spacial score (nSPS) is 12.9. The van der Waals surface area contributed by atoms with Gasteiger partial charge in [-0.2, -0.15) is 8.78 Å². The van der Waals surface area contributed by atoms with E-state index >= 15 is 0 Å². The molecule has 1 amide bonds. The van der Waals surface area contributed by atoms with Crippen molar-refractivity contribution in [2.45, 2.75) is 13.0 Å². The van der Waals surface area contributed by atoms with E-state index in [9.17, 15) is 23.2 Å². The summed E-state index contributed by atoms with van der Waals surface area (Å²) in [6.45, 7) is -3.66. The van der Waals surface area contributed by atoms with E-state index < -0.39 is 25.0 Å². The van der Waals surface area contributed by atoms with Gasteiger partial charge < -0.3 is 14.4 Å². The van der Waals surface area contributed by atoms with Crippen LogP contribution in [0.4, 0.5) is 14.5 Å². The van der Waals surface area contributed by atoms with E-state index in [0.717, 1.165) is 11.3 Å². The first-order valence-corrected chi connectivity index (χ1v) is 8.00. The van der Waals surface area contributed by atoms with Crippen molar-refractivity contribution in [3.05, 3.63) is 59.2 Å². The maximum Gasteiger partial charge on any atom is 0.387 e. The highest BCUT2D eigenvalue weighted by Gasteiger charge is 2.25. The number of anilines is 1. The number of alkyl halides is 2. The number of nitrogens with zero attached hydrogens (tertiary/aromatic N) is 1. The fraction of sp³-hybridized carbons (Fsp3) is 0.211. The molecule has 1 heterocycles. The number of ether oxygens (including phenoxy) is 2. The van der Waals surface area contributed by atoms with E-state index in [1.54, 1.807) is 19.2 Å². The number of hydrogen-bond acceptors (Lipinski definition) is 5. The Labute approximate surface area is 153 Å². The van der Waals surface area contributed by atoms with Crippen molar-refractivity contribution < 1.29 is 32.6 Å². The molecule has 140 valence electrons. The summed E-state index contributed by atoms with van der Waals surface area (Å²) < 4.78 is 34.0. The number of amides is 1. The molecule has 3 rings (SSSR count). The number of rotatable bonds is 6. The standard InChI is InChI=1S/C19H15F2NO5/c1-22-14-7-6-11(8-12(14)9-17(22)24)15(23)10-26-18(25)13-4-2-3-5-16(13)27-19(20)21/h2-8,19H,9-10H2,1H3. The van der Waals surface area contributed by atoms with Crippen LogP contribution in [0.2, 0.25) is 0 Å². The summed E-state index contributed by atoms with van der Waals surface area (Å²) in [6, 6.07) is 10.1. The summed E-state index contributed by atoms with van der Waals surface area (Å²) in [7, 11) is 1.65. The molecule has 8 heteroatoms. The minimum atomic E-state index is -3.09. The van der Waals surface area contributed by atoms with Crippen molar-refractivity contribution in [1.82, 2.24) is 0 Å². The molecule has 6 nitrogen and oxygen atoms in total. The quantitative estimate of drug-likeness (QED) is 0.573. The number of fused-ring (bicyclic) bond motifs is 1. The fourth-order valence-corrected chi connectivity index (χ4v) is 2.77. The number of hydrogen-bond donors (Lipinski definition) is 0. The van der Waals surface area contributed by atoms with Crippen LogP contribution in [-0.2, 0) is 16.0 Å². The molecule has 0 saturated carbocycles. The SMILES string of the molecule is CN1C(=O)Cc2cc(C(=O)COC(=O)c3ccccc3OC(F)F)ccc21. The summed E-state index contributed by atoms with van der Waals surface area (Å²) in [5.74, 6) is -1.82. The molecular weight excluding hydrogens is 360 g/mol. The van der Waals surface area contributed by atoms with Crippen LogP contribution in [-0.4, -0.2) is 37.9 Å². The highest BCUT2D eigenvalue weighted by atomic mass is 19.3. The van der Waals surface area contributed by atoms with Crippen LogP contribution in [0.15, 0.2) is 42.5 Å². The lowest BCUT2D eigenvalue weighted by atomic mass is 10.1. The summed E-state index contributed by atoms with van der Waals surface area (Å²) >= 11 is 0. The third-order valence-electron chi connectivity index (χ3n) is 4.14. The number of carbonyl (C=O) groups excluding carboxylic acids is 3. The molecule has 0 fully saturated rings. The van der Waals surface area contributed by atoms with Gasteiger partial charge in [-0.05, 0) is 35.9 Å². The van der Waals surface area contributed by atoms with E-state index in [2.05, 4.69) is 4.74 Å². The molecule has 0 unspecified atom stereocenters. The van der Waals surface area contributed by atoms with Crippen LogP contribution in [0.1, 0.15) is 26.3 Å². The Morgan fingerprint density at radius 2 is 1.93 bits per heavy atom. The van der Waals surface area contributed by atoms with Gasteiger partial charge in [0.15, 0.2) is 12.4 Å². The van der Waals surface area contributed by atoms with Gasteiger partial charge in [0.1, 0.15) is 11.3 Å². The summed E-state index contributed by atoms with van der Waals surface area (Å²) in [6.07, 6.45) is 0.199. The predicted octanol–water partition coefficient (Wildman–Crippen LogP) is 2.85. The van der Waals surface area contributed by atoms with Crippen LogP contribution in [0, 0.1) is 0 Å². The van der Waals surface area contributed by atoms with Gasteiger partial charge in [0.05, 0.1) is 6.42 Å². The van der Waals surface area contributed by atoms with Gasteiger partial charge >= 0.3 is 12.6 Å². The summed E-state index contributed by atoms with van der Waals surface area (Å²) in [5.41, 5.74) is 1.54. The van der Waals surface area contributed by atoms with Crippen molar-refractivity contribution in [2.24, 2.45) is 0 Å². The van der Waals surface area contributed by atoms with Gasteiger partial charge in [0.2, 0.25) is 5.91 Å². The van der Waals surface area contributed by atoms with Crippen LogP contribution < -0.4 is 9.64 Å². The lowest BCUT2D eigenvalue weighted by Crippen LogP contribution is -2.20. The Balaban J connectivity index is 1.67. The Morgan fingerprint density at radius 1 is 1.19 bits per heavy atom. The minimum absolute atomic E-state index is 0.0725. The lowest BCUT2D eigenvalue weighted by Gasteiger charge is -2.11. The molecule has 0 aromatic heterocycles. The molecule has 0 bridgehead atoms. The van der Waals surface area contributed by atoms with Crippen molar-refractivity contribution in [3.8, 4) is 5.75 Å². The van der Waals surface area contributed by atoms with Gasteiger partial charge in [-0.3, -0.25) is 9.59 Å². The summed E-state index contributed by atoms with van der Waals surface area (Å²) in [5, 5.41) is 0. The number of halogens is 2. The fourth-order valence-electron chi connectivity index (χ4n) is 2.77. The van der Waals surface area contributed by atoms with E-state index in [1.165, 1.54) is 35.2 Å². The maximum atomic E-state index is 12.4. The second kappa shape index (κ2) is 7.53. The molecule has 0 aliphatic carbocycles. The Kier molecular flexibility index (Phi) is 5.16. The molecule has 0 spiro atoms. The van der Waals surface area contributed by atoms with Crippen molar-refractivity contribution in [1.29, 1.82) is 0 Å². The summed E-state index contributed by atoms with van der Waals surface area (Å²) in [4.78, 5) is 37.6. The smallest absolute Gasteiger partial charge is 0.387 e. The third kappa shape index (κ3) is 3.94. The van der Waals surface area contributed by atoms with Crippen LogP contribution in [0.5, 0.6) is 5.75 Å². The molecular formula is C19H15F2NO5. The Bertz CT molecular complexity index is 913. The first-order chi connectivity index (χ1) is 12.9. The van der Waals surface area contributed by atoms with Gasteiger partial charge in [-0.15, -0.1) is 0 Å². The second-order valence-electron chi connectivity index (χ2n) is 5.85. The van der Waals surface area contributed by atoms with E-state index in [1.807, 2.05) is 0 Å². The molecule has 2 aromatic rings. The largest absolute Gasteiger partial charge is 0.454 e. The lowest BCUT2D eigenvalue weighted by molar-refractivity contribution is -0.117. The highest BCUT2D eigenvalue weighted by molar-refractivity contribution is 6.04. The predicted molar refractivity (Wildman–Crippen MR) is 91.2 cm³/mol. The number of ketones is 1. The van der Waals surface area contributed by atoms with Gasteiger partial charge in [-0.25, -0.2) is 4.79 Å². The highest BCUT2D eigenvalue weighted by Crippen LogP contribution is 2.28. The number of carbonyl (C=O) groups is 3. The number of Topliss-reactive ketones (excluding diaryl/α,β-unsaturated/α-hetero) is 1. The van der Waals surface area contributed by atoms with Crippen LogP contribution in [0.3, 0.4) is 0 Å². The van der Waals surface area contributed by atoms with E-state index in [-0.39, 0.29) is 23.6 Å². The van der Waals surface area contributed by atoms with E-state index in [4.69, 9.17) is 4.74 Å². The average Bonchev–Trinajstić information content (AvgIpc) is 2.93. The molecule has 1 aliphatic rings. The maximum absolute atomic E-state index is 12.4. The number of benzene rings is 2. The van der Waals surface area contributed by atoms with Crippen LogP contribution in [0.25, 0.3) is 0 Å². The molecule has 27 heavy (non-hydrogen) atoms. The zero-order valence-electron chi connectivity index (χ0n) is 14.3. The topological polar surface area (TPSA) is 72.9 Å². The number of likely N-dealkylation sites (N-methyl/N-ethyl adjacent to an activating group) is 1. The zero-order chi connectivity index (χ0) is 19.6. The molecule has 2 aromatic carbocycles. The Morgan fingerprint density at radius 3 is 2.67 bits per heavy atom. The molecule has 0 radical (unpaired) electrons. The van der Waals surface area contributed by atoms with Crippen molar-refractivity contribution in [3.63, 3.8) is 0 Å². The van der Waals surface area contributed by atoms with Crippen molar-refractivity contribution >= 4 is 23.3 Å². The average molecular weight is 375 g/mol. The molecule has 0 N–H and O–H groups in total. The number of para-hydroxylation sites is 1. The van der Waals surface area contributed by atoms with Gasteiger partial charge in [-0.1, -0.05) is 12.1 Å². The molecule has 0 saturated heterocycles. The monoisotopic (exact) mass is 375 g/mol. The molecule has 0 atom stereocenters. The second-order valence-corrected chi connectivity index (χ2v) is 5.85. The third-order valence-corrected chi connectivity index (χ3v) is 4.14. The van der Waals surface area contributed by atoms with Crippen LogP contribution >= 0.6 is 0 Å². The van der Waals surface area contributed by atoms with Gasteiger partial charge in [0.25, 0.3) is 0 Å².